The predicted molar refractivity (Wildman–Crippen MR) is 66.8 cm³/mol. The molecule has 0 rings (SSSR count). The third kappa shape index (κ3) is 3.12. The minimum Gasteiger partial charge on any atom is -0.222 e. The Labute approximate surface area is 106 Å². The van der Waals surface area contributed by atoms with E-state index in [9.17, 15) is 16.8 Å². The normalized spacial score (nSPS) is 15.5. The predicted octanol–water partition coefficient (Wildman–Crippen LogP) is 2.24. The maximum atomic E-state index is 11.6. The second kappa shape index (κ2) is 5.25. The largest absolute Gasteiger partial charge is 0.222 e. The highest BCUT2D eigenvalue weighted by Gasteiger charge is 2.31. The fourth-order valence-corrected chi connectivity index (χ4v) is 4.32. The standard InChI is InChI=1S/C8H14Cl2O4S2/c1-5(2)15(11,12)7(9)8(10)16(13,14)6(3)4/h5-6H,1-4H3/b8-7+. The third-order valence-electron chi connectivity index (χ3n) is 1.90. The highest BCUT2D eigenvalue weighted by molar-refractivity contribution is 8.01. The van der Waals surface area contributed by atoms with Crippen LogP contribution in [0.5, 0.6) is 0 Å². The van der Waals surface area contributed by atoms with Gasteiger partial charge in [0.05, 0.1) is 10.5 Å². The van der Waals surface area contributed by atoms with Crippen molar-refractivity contribution in [3.8, 4) is 0 Å². The molecule has 0 aliphatic rings. The van der Waals surface area contributed by atoms with Crippen LogP contribution in [0.25, 0.3) is 0 Å². The van der Waals surface area contributed by atoms with Crippen molar-refractivity contribution in [2.75, 3.05) is 0 Å². The van der Waals surface area contributed by atoms with E-state index < -0.39 is 38.9 Å². The summed E-state index contributed by atoms with van der Waals surface area (Å²) >= 11 is 11.1. The average Bonchev–Trinajstić information content (AvgIpc) is 2.14. The number of sulfone groups is 2. The van der Waals surface area contributed by atoms with Crippen molar-refractivity contribution in [2.24, 2.45) is 0 Å². The molecule has 0 saturated carbocycles. The molecule has 0 N–H and O–H groups in total. The molecule has 0 heterocycles. The van der Waals surface area contributed by atoms with E-state index in [0.717, 1.165) is 0 Å². The van der Waals surface area contributed by atoms with Crippen molar-refractivity contribution in [1.29, 1.82) is 0 Å². The van der Waals surface area contributed by atoms with E-state index in [2.05, 4.69) is 0 Å². The zero-order chi connectivity index (χ0) is 13.3. The maximum absolute atomic E-state index is 11.6. The Morgan fingerprint density at radius 3 is 1.06 bits per heavy atom. The van der Waals surface area contributed by atoms with Crippen molar-refractivity contribution in [1.82, 2.24) is 0 Å². The minimum absolute atomic E-state index is 0.808. The molecule has 0 aliphatic carbocycles. The summed E-state index contributed by atoms with van der Waals surface area (Å²) in [5.41, 5.74) is 0. The smallest absolute Gasteiger partial charge is 0.193 e. The number of rotatable bonds is 4. The molecule has 0 spiro atoms. The molecule has 0 aromatic carbocycles. The van der Waals surface area contributed by atoms with Gasteiger partial charge in [0.15, 0.2) is 28.4 Å². The van der Waals surface area contributed by atoms with Crippen molar-refractivity contribution in [3.05, 3.63) is 8.73 Å². The Kier molecular flexibility index (Phi) is 5.32. The molecule has 0 saturated heterocycles. The van der Waals surface area contributed by atoms with Crippen LogP contribution in [-0.2, 0) is 19.7 Å². The van der Waals surface area contributed by atoms with Crippen molar-refractivity contribution >= 4 is 42.9 Å². The molecular formula is C8H14Cl2O4S2. The van der Waals surface area contributed by atoms with Crippen LogP contribution in [-0.4, -0.2) is 27.3 Å². The van der Waals surface area contributed by atoms with Gasteiger partial charge in [0, 0.05) is 0 Å². The zero-order valence-corrected chi connectivity index (χ0v) is 12.5. The Morgan fingerprint density at radius 2 is 0.938 bits per heavy atom. The van der Waals surface area contributed by atoms with Crippen LogP contribution in [0.1, 0.15) is 27.7 Å². The van der Waals surface area contributed by atoms with Gasteiger partial charge in [0.25, 0.3) is 0 Å². The molecular weight excluding hydrogens is 295 g/mol. The van der Waals surface area contributed by atoms with E-state index in [1.165, 1.54) is 27.7 Å². The summed E-state index contributed by atoms with van der Waals surface area (Å²) in [7, 11) is -7.72. The van der Waals surface area contributed by atoms with Gasteiger partial charge < -0.3 is 0 Å². The van der Waals surface area contributed by atoms with Gasteiger partial charge in [0.2, 0.25) is 0 Å². The average molecular weight is 309 g/mol. The maximum Gasteiger partial charge on any atom is 0.193 e. The molecule has 0 amide bonds. The van der Waals surface area contributed by atoms with E-state index >= 15 is 0 Å². The van der Waals surface area contributed by atoms with Gasteiger partial charge >= 0.3 is 0 Å². The first-order valence-corrected chi connectivity index (χ1v) is 8.33. The Balaban J connectivity index is 5.84. The summed E-state index contributed by atoms with van der Waals surface area (Å²) < 4.78 is 44.8. The summed E-state index contributed by atoms with van der Waals surface area (Å²) in [6, 6.07) is 0. The molecule has 0 bridgehead atoms. The molecule has 0 atom stereocenters. The molecule has 0 radical (unpaired) electrons. The molecule has 8 heteroatoms. The zero-order valence-electron chi connectivity index (χ0n) is 9.36. The Morgan fingerprint density at radius 1 is 0.750 bits per heavy atom. The first kappa shape index (κ1) is 16.2. The van der Waals surface area contributed by atoms with Crippen LogP contribution in [0.2, 0.25) is 0 Å². The van der Waals surface area contributed by atoms with Gasteiger partial charge in [-0.1, -0.05) is 23.2 Å². The number of halogens is 2. The first-order chi connectivity index (χ1) is 6.95. The lowest BCUT2D eigenvalue weighted by atomic mass is 10.6. The fourth-order valence-electron chi connectivity index (χ4n) is 0.638. The van der Waals surface area contributed by atoms with Crippen LogP contribution in [0.4, 0.5) is 0 Å². The first-order valence-electron chi connectivity index (χ1n) is 4.48. The van der Waals surface area contributed by atoms with Gasteiger partial charge in [-0.15, -0.1) is 0 Å². The van der Waals surface area contributed by atoms with E-state index in [4.69, 9.17) is 23.2 Å². The Bertz CT molecular complexity index is 440. The van der Waals surface area contributed by atoms with Crippen LogP contribution in [0.3, 0.4) is 0 Å². The third-order valence-corrected chi connectivity index (χ3v) is 7.90. The monoisotopic (exact) mass is 308 g/mol. The molecule has 0 aromatic heterocycles. The van der Waals surface area contributed by atoms with Crippen LogP contribution in [0, 0.1) is 0 Å². The lowest BCUT2D eigenvalue weighted by Gasteiger charge is -2.11. The molecule has 4 nitrogen and oxygen atoms in total. The lowest BCUT2D eigenvalue weighted by Crippen LogP contribution is -2.19. The molecule has 16 heavy (non-hydrogen) atoms. The second-order valence-corrected chi connectivity index (χ2v) is 9.82. The number of hydrogen-bond donors (Lipinski definition) is 0. The van der Waals surface area contributed by atoms with E-state index in [1.807, 2.05) is 0 Å². The minimum atomic E-state index is -3.86. The highest BCUT2D eigenvalue weighted by Crippen LogP contribution is 2.29. The molecule has 0 aromatic rings. The fraction of sp³-hybridized carbons (Fsp3) is 0.750. The van der Waals surface area contributed by atoms with Crippen LogP contribution < -0.4 is 0 Å². The summed E-state index contributed by atoms with van der Waals surface area (Å²) in [6.07, 6.45) is 0. The van der Waals surface area contributed by atoms with Crippen molar-refractivity contribution < 1.29 is 16.8 Å². The second-order valence-electron chi connectivity index (χ2n) is 3.73. The molecule has 0 unspecified atom stereocenters. The van der Waals surface area contributed by atoms with Crippen molar-refractivity contribution in [2.45, 2.75) is 38.2 Å². The Hall–Kier alpha value is 0.220. The quantitative estimate of drug-likeness (QED) is 0.798. The number of hydrogen-bond acceptors (Lipinski definition) is 4. The molecule has 96 valence electrons. The SMILES string of the molecule is CC(C)S(=O)(=O)/C(Cl)=C(\Cl)S(=O)(=O)C(C)C. The van der Waals surface area contributed by atoms with Gasteiger partial charge in [-0.05, 0) is 27.7 Å². The summed E-state index contributed by atoms with van der Waals surface area (Å²) in [4.78, 5) is 0. The van der Waals surface area contributed by atoms with Crippen molar-refractivity contribution in [3.63, 3.8) is 0 Å². The van der Waals surface area contributed by atoms with Gasteiger partial charge in [0.1, 0.15) is 0 Å². The van der Waals surface area contributed by atoms with Crippen LogP contribution in [0.15, 0.2) is 8.73 Å². The van der Waals surface area contributed by atoms with Gasteiger partial charge in [-0.25, -0.2) is 16.8 Å². The molecule has 0 aliphatic heterocycles. The lowest BCUT2D eigenvalue weighted by molar-refractivity contribution is 0.591. The van der Waals surface area contributed by atoms with Crippen LogP contribution >= 0.6 is 23.2 Å². The summed E-state index contributed by atoms with van der Waals surface area (Å²) in [6.45, 7) is 5.57. The van der Waals surface area contributed by atoms with E-state index in [0.29, 0.717) is 0 Å². The van der Waals surface area contributed by atoms with Gasteiger partial charge in [-0.2, -0.15) is 0 Å². The topological polar surface area (TPSA) is 68.3 Å². The summed E-state index contributed by atoms with van der Waals surface area (Å²) in [5, 5.41) is -1.65. The highest BCUT2D eigenvalue weighted by atomic mass is 35.5. The molecule has 0 fully saturated rings. The summed E-state index contributed by atoms with van der Waals surface area (Å²) in [5.74, 6) is 0. The van der Waals surface area contributed by atoms with E-state index in [1.54, 1.807) is 0 Å². The van der Waals surface area contributed by atoms with E-state index in [-0.39, 0.29) is 0 Å². The van der Waals surface area contributed by atoms with Gasteiger partial charge in [-0.3, -0.25) is 0 Å².